The molecule has 1 N–H and O–H groups in total. The molecular weight excluding hydrogens is 484 g/mol. The number of nitrogens with zero attached hydrogens (tertiary/aromatic N) is 1. The first kappa shape index (κ1) is 25.0. The van der Waals surface area contributed by atoms with Crippen LogP contribution in [0, 0.1) is 0 Å². The normalized spacial score (nSPS) is 12.1. The molecule has 0 aliphatic carbocycles. The molecule has 1 atom stereocenters. The van der Waals surface area contributed by atoms with E-state index >= 15 is 0 Å². The SMILES string of the molecule is COc1cccc(CN(C(=O)COc2ccc(Cl)cc2Br)[C@@H](C)C(=O)NC(C)(C)C)c1. The van der Waals surface area contributed by atoms with E-state index in [1.165, 1.54) is 4.90 Å². The summed E-state index contributed by atoms with van der Waals surface area (Å²) in [6, 6.07) is 11.7. The van der Waals surface area contributed by atoms with Gasteiger partial charge in [0.05, 0.1) is 11.6 Å². The predicted octanol–water partition coefficient (Wildman–Crippen LogP) is 4.82. The maximum atomic E-state index is 13.1. The third kappa shape index (κ3) is 7.74. The second-order valence-corrected chi connectivity index (χ2v) is 9.44. The highest BCUT2D eigenvalue weighted by Crippen LogP contribution is 2.28. The van der Waals surface area contributed by atoms with Gasteiger partial charge in [0.15, 0.2) is 6.61 Å². The molecule has 0 aliphatic rings. The zero-order chi connectivity index (χ0) is 23.2. The number of methoxy groups -OCH3 is 1. The van der Waals surface area contributed by atoms with Gasteiger partial charge in [-0.15, -0.1) is 0 Å². The Kier molecular flexibility index (Phi) is 8.77. The number of carbonyl (C=O) groups is 2. The van der Waals surface area contributed by atoms with Crippen molar-refractivity contribution in [2.45, 2.75) is 45.8 Å². The van der Waals surface area contributed by atoms with E-state index in [0.29, 0.717) is 21.0 Å². The van der Waals surface area contributed by atoms with Crippen LogP contribution < -0.4 is 14.8 Å². The fourth-order valence-corrected chi connectivity index (χ4v) is 3.64. The number of halogens is 2. The smallest absolute Gasteiger partial charge is 0.261 e. The summed E-state index contributed by atoms with van der Waals surface area (Å²) in [7, 11) is 1.58. The molecule has 0 saturated heterocycles. The van der Waals surface area contributed by atoms with Crippen LogP contribution in [-0.2, 0) is 16.1 Å². The molecule has 2 aromatic rings. The van der Waals surface area contributed by atoms with E-state index in [4.69, 9.17) is 21.1 Å². The molecule has 0 heterocycles. The van der Waals surface area contributed by atoms with Crippen LogP contribution in [0.3, 0.4) is 0 Å². The molecular formula is C23H28BrClN2O4. The van der Waals surface area contributed by atoms with E-state index in [2.05, 4.69) is 21.2 Å². The predicted molar refractivity (Wildman–Crippen MR) is 126 cm³/mol. The molecule has 0 spiro atoms. The lowest BCUT2D eigenvalue weighted by molar-refractivity contribution is -0.142. The molecule has 6 nitrogen and oxygen atoms in total. The molecule has 2 rings (SSSR count). The van der Waals surface area contributed by atoms with E-state index in [-0.39, 0.29) is 25.0 Å². The van der Waals surface area contributed by atoms with Crippen molar-refractivity contribution in [3.05, 3.63) is 57.5 Å². The van der Waals surface area contributed by atoms with Crippen molar-refractivity contribution in [3.8, 4) is 11.5 Å². The van der Waals surface area contributed by atoms with Gasteiger partial charge in [-0.05, 0) is 79.5 Å². The van der Waals surface area contributed by atoms with Crippen LogP contribution in [0.2, 0.25) is 5.02 Å². The Morgan fingerprint density at radius 1 is 1.19 bits per heavy atom. The minimum Gasteiger partial charge on any atom is -0.497 e. The van der Waals surface area contributed by atoms with Gasteiger partial charge in [-0.25, -0.2) is 0 Å². The molecule has 31 heavy (non-hydrogen) atoms. The molecule has 0 radical (unpaired) electrons. The molecule has 2 aromatic carbocycles. The molecule has 0 unspecified atom stereocenters. The van der Waals surface area contributed by atoms with Gasteiger partial charge in [-0.2, -0.15) is 0 Å². The molecule has 0 aromatic heterocycles. The van der Waals surface area contributed by atoms with Crippen molar-refractivity contribution in [2.75, 3.05) is 13.7 Å². The van der Waals surface area contributed by atoms with E-state index in [9.17, 15) is 9.59 Å². The molecule has 8 heteroatoms. The van der Waals surface area contributed by atoms with Crippen molar-refractivity contribution < 1.29 is 19.1 Å². The Morgan fingerprint density at radius 3 is 2.52 bits per heavy atom. The lowest BCUT2D eigenvalue weighted by Gasteiger charge is -2.31. The number of carbonyl (C=O) groups excluding carboxylic acids is 2. The first-order chi connectivity index (χ1) is 14.5. The van der Waals surface area contributed by atoms with Gasteiger partial charge >= 0.3 is 0 Å². The summed E-state index contributed by atoms with van der Waals surface area (Å²) in [4.78, 5) is 27.4. The minimum atomic E-state index is -0.699. The van der Waals surface area contributed by atoms with Crippen LogP contribution in [0.15, 0.2) is 46.9 Å². The largest absolute Gasteiger partial charge is 0.497 e. The highest BCUT2D eigenvalue weighted by atomic mass is 79.9. The Labute approximate surface area is 197 Å². The van der Waals surface area contributed by atoms with Gasteiger partial charge < -0.3 is 19.7 Å². The van der Waals surface area contributed by atoms with Crippen LogP contribution >= 0.6 is 27.5 Å². The topological polar surface area (TPSA) is 67.9 Å². The summed E-state index contributed by atoms with van der Waals surface area (Å²) in [5.74, 6) is 0.613. The molecule has 0 fully saturated rings. The zero-order valence-electron chi connectivity index (χ0n) is 18.4. The van der Waals surface area contributed by atoms with Crippen molar-refractivity contribution in [2.24, 2.45) is 0 Å². The standard InChI is InChI=1S/C23H28BrClN2O4/c1-15(22(29)26-23(2,3)4)27(13-16-7-6-8-18(11-16)30-5)21(28)14-31-20-10-9-17(25)12-19(20)24/h6-12,15H,13-14H2,1-5H3,(H,26,29)/t15-/m0/s1. The number of amides is 2. The van der Waals surface area contributed by atoms with Crippen LogP contribution in [0.1, 0.15) is 33.3 Å². The van der Waals surface area contributed by atoms with Crippen LogP contribution in [0.4, 0.5) is 0 Å². The second kappa shape index (κ2) is 10.9. The van der Waals surface area contributed by atoms with Gasteiger partial charge in [0, 0.05) is 17.1 Å². The van der Waals surface area contributed by atoms with E-state index in [1.54, 1.807) is 32.2 Å². The quantitative estimate of drug-likeness (QED) is 0.552. The zero-order valence-corrected chi connectivity index (χ0v) is 20.7. The number of hydrogen-bond donors (Lipinski definition) is 1. The molecule has 2 amide bonds. The summed E-state index contributed by atoms with van der Waals surface area (Å²) < 4.78 is 11.6. The highest BCUT2D eigenvalue weighted by molar-refractivity contribution is 9.10. The lowest BCUT2D eigenvalue weighted by Crippen LogP contribution is -2.53. The Hall–Kier alpha value is -2.25. The third-order valence-electron chi connectivity index (χ3n) is 4.40. The van der Waals surface area contributed by atoms with Crippen molar-refractivity contribution in [3.63, 3.8) is 0 Å². The monoisotopic (exact) mass is 510 g/mol. The van der Waals surface area contributed by atoms with E-state index < -0.39 is 11.6 Å². The maximum Gasteiger partial charge on any atom is 0.261 e. The van der Waals surface area contributed by atoms with Gasteiger partial charge in [0.25, 0.3) is 5.91 Å². The average Bonchev–Trinajstić information content (AvgIpc) is 2.69. The summed E-state index contributed by atoms with van der Waals surface area (Å²) in [5, 5.41) is 3.48. The number of rotatable bonds is 8. The fraction of sp³-hybridized carbons (Fsp3) is 0.391. The first-order valence-electron chi connectivity index (χ1n) is 9.82. The highest BCUT2D eigenvalue weighted by Gasteiger charge is 2.28. The lowest BCUT2D eigenvalue weighted by atomic mass is 10.1. The number of nitrogens with one attached hydrogen (secondary N) is 1. The molecule has 0 saturated carbocycles. The van der Waals surface area contributed by atoms with E-state index in [1.807, 2.05) is 45.0 Å². The van der Waals surface area contributed by atoms with Gasteiger partial charge in [-0.3, -0.25) is 9.59 Å². The molecule has 0 aliphatic heterocycles. The second-order valence-electron chi connectivity index (χ2n) is 8.15. The minimum absolute atomic E-state index is 0.225. The molecule has 168 valence electrons. The maximum absolute atomic E-state index is 13.1. The summed E-state index contributed by atoms with van der Waals surface area (Å²) in [6.45, 7) is 7.40. The van der Waals surface area contributed by atoms with Gasteiger partial charge in [0.2, 0.25) is 5.91 Å². The molecule has 0 bridgehead atoms. The third-order valence-corrected chi connectivity index (χ3v) is 5.25. The number of benzene rings is 2. The Morgan fingerprint density at radius 2 is 1.90 bits per heavy atom. The van der Waals surface area contributed by atoms with Gasteiger partial charge in [-0.1, -0.05) is 23.7 Å². The van der Waals surface area contributed by atoms with Gasteiger partial charge in [0.1, 0.15) is 17.5 Å². The van der Waals surface area contributed by atoms with Crippen molar-refractivity contribution in [1.82, 2.24) is 10.2 Å². The van der Waals surface area contributed by atoms with Crippen molar-refractivity contribution >= 4 is 39.3 Å². The van der Waals surface area contributed by atoms with E-state index in [0.717, 1.165) is 5.56 Å². The number of hydrogen-bond acceptors (Lipinski definition) is 4. The fourth-order valence-electron chi connectivity index (χ4n) is 2.84. The summed E-state index contributed by atoms with van der Waals surface area (Å²) >= 11 is 9.34. The first-order valence-corrected chi connectivity index (χ1v) is 11.0. The van der Waals surface area contributed by atoms with Crippen LogP contribution in [-0.4, -0.2) is 42.0 Å². The number of ether oxygens (including phenoxy) is 2. The van der Waals surface area contributed by atoms with Crippen LogP contribution in [0.25, 0.3) is 0 Å². The Bertz CT molecular complexity index is 930. The average molecular weight is 512 g/mol. The summed E-state index contributed by atoms with van der Waals surface area (Å²) in [5.41, 5.74) is 0.427. The van der Waals surface area contributed by atoms with Crippen LogP contribution in [0.5, 0.6) is 11.5 Å². The van der Waals surface area contributed by atoms with Crippen molar-refractivity contribution in [1.29, 1.82) is 0 Å². The summed E-state index contributed by atoms with van der Waals surface area (Å²) in [6.07, 6.45) is 0. The Balaban J connectivity index is 2.22.